The third-order valence-corrected chi connectivity index (χ3v) is 6.11. The molecule has 152 valence electrons. The highest BCUT2D eigenvalue weighted by Crippen LogP contribution is 2.57. The first kappa shape index (κ1) is 21.6. The summed E-state index contributed by atoms with van der Waals surface area (Å²) in [7, 11) is -4.78. The van der Waals surface area contributed by atoms with Crippen LogP contribution in [0.2, 0.25) is 5.28 Å². The molecule has 2 unspecified atom stereocenters. The van der Waals surface area contributed by atoms with Crippen LogP contribution in [0.3, 0.4) is 0 Å². The van der Waals surface area contributed by atoms with E-state index in [2.05, 4.69) is 23.8 Å². The number of fused-ring (bicyclic) bond motifs is 1. The zero-order chi connectivity index (χ0) is 20.9. The minimum Gasteiger partial charge on any atom is -0.387 e. The van der Waals surface area contributed by atoms with Crippen LogP contribution in [0.1, 0.15) is 6.23 Å². The summed E-state index contributed by atoms with van der Waals surface area (Å²) in [5.74, 6) is -0.0136. The van der Waals surface area contributed by atoms with Gasteiger partial charge >= 0.3 is 7.82 Å². The number of nitrogens with two attached hydrogens (primary N) is 1. The molecule has 1 aliphatic heterocycles. The lowest BCUT2D eigenvalue weighted by Crippen LogP contribution is -2.33. The Hall–Kier alpha value is -1.12. The van der Waals surface area contributed by atoms with Crippen molar-refractivity contribution >= 4 is 51.4 Å². The number of hydrogen-bond acceptors (Lipinski definition) is 11. The van der Waals surface area contributed by atoms with E-state index in [4.69, 9.17) is 39.4 Å². The maximum atomic E-state index is 11.7. The van der Waals surface area contributed by atoms with Gasteiger partial charge in [0.25, 0.3) is 7.47 Å². The molecule has 2 radical (unpaired) electrons. The summed E-state index contributed by atoms with van der Waals surface area (Å²) in [5, 5.41) is 20.2. The average molecular weight is 455 g/mol. The number of phosphoric acid groups is 1. The molecule has 5 atom stereocenters. The van der Waals surface area contributed by atoms with Gasteiger partial charge in [0.1, 0.15) is 23.8 Å². The summed E-state index contributed by atoms with van der Waals surface area (Å²) in [6.45, 7) is -0.715. The second-order valence-corrected chi connectivity index (χ2v) is 8.97. The van der Waals surface area contributed by atoms with Crippen molar-refractivity contribution < 1.29 is 42.7 Å². The molecule has 0 aliphatic carbocycles. The monoisotopic (exact) mass is 455 g/mol. The average Bonchev–Trinajstić information content (AvgIpc) is 3.06. The van der Waals surface area contributed by atoms with Crippen LogP contribution < -0.4 is 5.73 Å². The van der Waals surface area contributed by atoms with Crippen LogP contribution in [0, 0.1) is 0 Å². The van der Waals surface area contributed by atoms with Gasteiger partial charge in [-0.3, -0.25) is 9.13 Å². The van der Waals surface area contributed by atoms with Gasteiger partial charge in [0, 0.05) is 0 Å². The Kier molecular flexibility index (Phi) is 5.87. The topological polar surface area (TPSA) is 212 Å². The van der Waals surface area contributed by atoms with Gasteiger partial charge in [-0.05, 0) is 11.6 Å². The maximum Gasteiger partial charge on any atom is 0.476 e. The van der Waals surface area contributed by atoms with Crippen molar-refractivity contribution in [2.45, 2.75) is 24.5 Å². The lowest BCUT2D eigenvalue weighted by atomic mass is 10.1. The summed E-state index contributed by atoms with van der Waals surface area (Å²) < 4.78 is 37.6. The number of ether oxygens (including phenoxy) is 1. The molecule has 18 heteroatoms. The first-order valence-electron chi connectivity index (χ1n) is 7.35. The largest absolute Gasteiger partial charge is 0.476 e. The molecule has 6 N–H and O–H groups in total. The minimum absolute atomic E-state index is 0.0136. The fraction of sp³-hybridized carbons (Fsp3) is 0.500. The number of aliphatic hydroxyl groups is 2. The summed E-state index contributed by atoms with van der Waals surface area (Å²) in [4.78, 5) is 29.0. The Bertz CT molecular complexity index is 988. The van der Waals surface area contributed by atoms with E-state index in [1.165, 1.54) is 10.9 Å². The van der Waals surface area contributed by atoms with E-state index in [0.717, 1.165) is 0 Å². The molecule has 14 nitrogen and oxygen atoms in total. The Labute approximate surface area is 162 Å². The van der Waals surface area contributed by atoms with Crippen LogP contribution in [0.15, 0.2) is 6.33 Å². The molecule has 3 rings (SSSR count). The zero-order valence-electron chi connectivity index (χ0n) is 13.6. The molecule has 1 aliphatic rings. The molecule has 3 heterocycles. The van der Waals surface area contributed by atoms with Gasteiger partial charge < -0.3 is 35.0 Å². The molecule has 0 saturated carbocycles. The molecule has 0 spiro atoms. The van der Waals surface area contributed by atoms with Gasteiger partial charge in [-0.15, -0.1) is 0 Å². The maximum absolute atomic E-state index is 11.7. The van der Waals surface area contributed by atoms with E-state index in [0.29, 0.717) is 0 Å². The molecule has 2 aromatic rings. The van der Waals surface area contributed by atoms with E-state index in [1.54, 1.807) is 0 Å². The SMILES string of the molecule is [B]P(=O)(OCC1O[C@@H](n2cnc3c(N)nc(Cl)nc32)[C@H](O)[C@@H]1O)OP(=O)(O)O. The van der Waals surface area contributed by atoms with E-state index < -0.39 is 46.4 Å². The molecule has 1 saturated heterocycles. The van der Waals surface area contributed by atoms with Gasteiger partial charge in [0.15, 0.2) is 17.7 Å². The highest BCUT2D eigenvalue weighted by atomic mass is 35.5. The van der Waals surface area contributed by atoms with Crippen LogP contribution in [0.4, 0.5) is 5.82 Å². The van der Waals surface area contributed by atoms with Crippen molar-refractivity contribution in [1.29, 1.82) is 0 Å². The molecule has 1 fully saturated rings. The molecular weight excluding hydrogens is 442 g/mol. The second kappa shape index (κ2) is 7.61. The van der Waals surface area contributed by atoms with Gasteiger partial charge in [-0.1, -0.05) is 0 Å². The number of imidazole rings is 1. The van der Waals surface area contributed by atoms with Crippen molar-refractivity contribution in [3.05, 3.63) is 11.6 Å². The molecule has 0 aromatic carbocycles. The van der Waals surface area contributed by atoms with Crippen LogP contribution >= 0.6 is 26.9 Å². The molecular formula is C10H13BClN5O9P2. The minimum atomic E-state index is -5.18. The van der Waals surface area contributed by atoms with Crippen molar-refractivity contribution in [3.63, 3.8) is 0 Å². The third kappa shape index (κ3) is 4.55. The number of rotatable bonds is 6. The first-order valence-corrected chi connectivity index (χ1v) is 10.9. The fourth-order valence-electron chi connectivity index (χ4n) is 2.54. The quantitative estimate of drug-likeness (QED) is 0.203. The summed E-state index contributed by atoms with van der Waals surface area (Å²) >= 11 is 5.77. The van der Waals surface area contributed by atoms with Crippen LogP contribution in [0.5, 0.6) is 0 Å². The molecule has 0 bridgehead atoms. The Balaban J connectivity index is 1.78. The van der Waals surface area contributed by atoms with Crippen molar-refractivity contribution in [2.75, 3.05) is 12.3 Å². The van der Waals surface area contributed by atoms with Crippen molar-refractivity contribution in [2.24, 2.45) is 0 Å². The lowest BCUT2D eigenvalue weighted by Gasteiger charge is -2.19. The predicted molar refractivity (Wildman–Crippen MR) is 93.1 cm³/mol. The van der Waals surface area contributed by atoms with E-state index >= 15 is 0 Å². The van der Waals surface area contributed by atoms with Gasteiger partial charge in [0.05, 0.1) is 12.9 Å². The van der Waals surface area contributed by atoms with Crippen LogP contribution in [0.25, 0.3) is 11.2 Å². The Morgan fingerprint density at radius 2 is 2.00 bits per heavy atom. The van der Waals surface area contributed by atoms with Crippen molar-refractivity contribution in [1.82, 2.24) is 19.5 Å². The molecule has 28 heavy (non-hydrogen) atoms. The normalized spacial score (nSPS) is 27.9. The molecule has 2 aromatic heterocycles. The smallest absolute Gasteiger partial charge is 0.387 e. The fourth-order valence-corrected chi connectivity index (χ4v) is 4.44. The van der Waals surface area contributed by atoms with Gasteiger partial charge in [-0.25, -0.2) is 13.9 Å². The molecule has 0 amide bonds. The Morgan fingerprint density at radius 1 is 1.32 bits per heavy atom. The van der Waals surface area contributed by atoms with E-state index in [-0.39, 0.29) is 22.3 Å². The highest BCUT2D eigenvalue weighted by molar-refractivity contribution is 7.83. The van der Waals surface area contributed by atoms with Crippen molar-refractivity contribution in [3.8, 4) is 0 Å². The summed E-state index contributed by atoms with van der Waals surface area (Å²) in [6.07, 6.45) is -4.35. The highest BCUT2D eigenvalue weighted by Gasteiger charge is 2.45. The first-order chi connectivity index (χ1) is 12.9. The number of aliphatic hydroxyl groups excluding tert-OH is 2. The number of nitrogens with zero attached hydrogens (tertiary/aromatic N) is 4. The third-order valence-electron chi connectivity index (χ3n) is 3.67. The van der Waals surface area contributed by atoms with Gasteiger partial charge in [-0.2, -0.15) is 9.97 Å². The number of hydrogen-bond donors (Lipinski definition) is 5. The standard InChI is InChI=1S/C10H13BClN5O9P2/c11-27(20,26-28(21,22)23)24-1-3-5(18)6(19)9(25-3)17-2-14-4-7(13)15-10(12)16-8(4)17/h2-3,5-6,9,18-19H,1H2,(H2,13,15,16)(H2,21,22,23)/t3?,5-,6-,9-,27?/m1/s1. The second-order valence-electron chi connectivity index (χ2n) is 5.66. The summed E-state index contributed by atoms with van der Waals surface area (Å²) in [5.41, 5.74) is 5.99. The Morgan fingerprint density at radius 3 is 2.64 bits per heavy atom. The summed E-state index contributed by atoms with van der Waals surface area (Å²) in [6, 6.07) is 0. The predicted octanol–water partition coefficient (Wildman–Crippen LogP) is -0.916. The lowest BCUT2D eigenvalue weighted by molar-refractivity contribution is -0.0479. The van der Waals surface area contributed by atoms with E-state index in [1.807, 2.05) is 0 Å². The van der Waals surface area contributed by atoms with Crippen LogP contribution in [-0.2, 0) is 22.7 Å². The van der Waals surface area contributed by atoms with Crippen LogP contribution in [-0.4, -0.2) is 72.0 Å². The van der Waals surface area contributed by atoms with E-state index in [9.17, 15) is 19.3 Å². The number of aromatic nitrogens is 4. The number of nitrogen functional groups attached to an aromatic ring is 1. The van der Waals surface area contributed by atoms with Gasteiger partial charge in [0.2, 0.25) is 12.8 Å². The number of anilines is 1. The number of halogens is 1. The zero-order valence-corrected chi connectivity index (χ0v) is 16.2.